The van der Waals surface area contributed by atoms with Crippen LogP contribution < -0.4 is 25.0 Å². The van der Waals surface area contributed by atoms with E-state index in [1.165, 1.54) is 18.3 Å². The molecule has 1 aromatic heterocycles. The zero-order valence-electron chi connectivity index (χ0n) is 19.4. The maximum absolute atomic E-state index is 13.3. The summed E-state index contributed by atoms with van der Waals surface area (Å²) in [6.45, 7) is 3.24. The first-order valence-electron chi connectivity index (χ1n) is 11.0. The van der Waals surface area contributed by atoms with Crippen molar-refractivity contribution in [3.05, 3.63) is 59.8 Å². The number of anilines is 3. The number of rotatable bonds is 7. The van der Waals surface area contributed by atoms with Crippen molar-refractivity contribution < 1.29 is 32.2 Å². The van der Waals surface area contributed by atoms with Gasteiger partial charge in [-0.1, -0.05) is 6.92 Å². The van der Waals surface area contributed by atoms with Gasteiger partial charge in [0.15, 0.2) is 0 Å². The number of nitrogens with two attached hydrogens (primary N) is 1. The van der Waals surface area contributed by atoms with Crippen molar-refractivity contribution in [2.24, 2.45) is 0 Å². The van der Waals surface area contributed by atoms with Crippen LogP contribution in [0.4, 0.5) is 35.3 Å². The summed E-state index contributed by atoms with van der Waals surface area (Å²) in [4.78, 5) is 35.8. The van der Waals surface area contributed by atoms with E-state index in [-0.39, 0.29) is 35.6 Å². The van der Waals surface area contributed by atoms with Gasteiger partial charge in [-0.3, -0.25) is 9.69 Å². The highest BCUT2D eigenvalue weighted by atomic mass is 19.4. The van der Waals surface area contributed by atoms with Crippen molar-refractivity contribution in [1.29, 1.82) is 0 Å². The van der Waals surface area contributed by atoms with Gasteiger partial charge in [0.05, 0.1) is 23.5 Å². The van der Waals surface area contributed by atoms with E-state index in [9.17, 15) is 22.8 Å². The first-order chi connectivity index (χ1) is 17.1. The molecule has 3 amide bonds. The number of benzene rings is 2. The molecule has 0 aliphatic carbocycles. The van der Waals surface area contributed by atoms with Crippen molar-refractivity contribution in [1.82, 2.24) is 9.97 Å². The molecule has 1 fully saturated rings. The summed E-state index contributed by atoms with van der Waals surface area (Å²) >= 11 is 0. The highest BCUT2D eigenvalue weighted by Gasteiger charge is 2.41. The van der Waals surface area contributed by atoms with E-state index in [1.807, 2.05) is 6.92 Å². The molecule has 0 spiro atoms. The number of aromatic nitrogens is 2. The van der Waals surface area contributed by atoms with Crippen molar-refractivity contribution in [3.8, 4) is 17.4 Å². The van der Waals surface area contributed by atoms with E-state index >= 15 is 0 Å². The van der Waals surface area contributed by atoms with E-state index in [2.05, 4.69) is 9.97 Å². The van der Waals surface area contributed by atoms with Gasteiger partial charge in [-0.2, -0.15) is 18.2 Å². The molecule has 0 saturated carbocycles. The summed E-state index contributed by atoms with van der Waals surface area (Å²) in [6, 6.07) is 8.24. The maximum Gasteiger partial charge on any atom is 0.416 e. The van der Waals surface area contributed by atoms with Crippen LogP contribution >= 0.6 is 0 Å². The Hall–Kier alpha value is -4.35. The van der Waals surface area contributed by atoms with Crippen molar-refractivity contribution >= 4 is 29.3 Å². The summed E-state index contributed by atoms with van der Waals surface area (Å²) in [6.07, 6.45) is -2.70. The fourth-order valence-electron chi connectivity index (χ4n) is 3.73. The predicted molar refractivity (Wildman–Crippen MR) is 125 cm³/mol. The molecular formula is C24H22F3N5O4. The van der Waals surface area contributed by atoms with Crippen LogP contribution in [-0.4, -0.2) is 35.1 Å². The molecule has 188 valence electrons. The van der Waals surface area contributed by atoms with Gasteiger partial charge in [0.25, 0.3) is 5.91 Å². The molecule has 0 bridgehead atoms. The summed E-state index contributed by atoms with van der Waals surface area (Å²) in [5.41, 5.74) is 5.41. The fraction of sp³-hybridized carbons (Fsp3) is 0.250. The summed E-state index contributed by atoms with van der Waals surface area (Å²) < 4.78 is 51.2. The average Bonchev–Trinajstić information content (AvgIpc) is 3.12. The van der Waals surface area contributed by atoms with Crippen LogP contribution in [0.2, 0.25) is 0 Å². The van der Waals surface area contributed by atoms with E-state index < -0.39 is 30.2 Å². The Morgan fingerprint density at radius 1 is 1.06 bits per heavy atom. The van der Waals surface area contributed by atoms with E-state index in [4.69, 9.17) is 15.2 Å². The van der Waals surface area contributed by atoms with Crippen molar-refractivity contribution in [3.63, 3.8) is 0 Å². The lowest BCUT2D eigenvalue weighted by atomic mass is 10.1. The monoisotopic (exact) mass is 501 g/mol. The Balaban J connectivity index is 1.66. The van der Waals surface area contributed by atoms with Gasteiger partial charge < -0.3 is 15.2 Å². The number of carbonyl (C=O) groups is 2. The van der Waals surface area contributed by atoms with Crippen LogP contribution in [0.3, 0.4) is 0 Å². The Kier molecular flexibility index (Phi) is 6.69. The molecule has 1 saturated heterocycles. The largest absolute Gasteiger partial charge is 0.492 e. The summed E-state index contributed by atoms with van der Waals surface area (Å²) in [5.74, 6) is 0.163. The Bertz CT molecular complexity index is 1320. The van der Waals surface area contributed by atoms with Gasteiger partial charge in [0.2, 0.25) is 11.8 Å². The number of amides is 3. The second-order valence-corrected chi connectivity index (χ2v) is 7.71. The Labute approximate surface area is 204 Å². The molecule has 2 heterocycles. The molecular weight excluding hydrogens is 479 g/mol. The predicted octanol–water partition coefficient (Wildman–Crippen LogP) is 4.80. The third-order valence-corrected chi connectivity index (χ3v) is 5.39. The van der Waals surface area contributed by atoms with Crippen molar-refractivity contribution in [2.45, 2.75) is 26.4 Å². The minimum Gasteiger partial charge on any atom is -0.492 e. The normalized spacial score (nSPS) is 13.9. The number of imide groups is 1. The van der Waals surface area contributed by atoms with Crippen LogP contribution in [0.25, 0.3) is 0 Å². The molecule has 2 N–H and O–H groups in total. The zero-order chi connectivity index (χ0) is 26.0. The first-order valence-corrected chi connectivity index (χ1v) is 11.0. The van der Waals surface area contributed by atoms with Crippen LogP contribution in [-0.2, 0) is 17.4 Å². The standard InChI is InChI=1S/C24H22F3N5O4/c1-3-14-11-16(6-8-18(14)36-20-9-10-29-22(28)30-20)32-21(33)13-31(23(32)34)17-12-15(24(25,26)27)5-7-19(17)35-4-2/h5-12H,3-4,13H2,1-2H3,(H2,28,29,30). The SMILES string of the molecule is CCOc1ccc(C(F)(F)F)cc1N1CC(=O)N(c2ccc(Oc3ccnc(N)n3)c(CC)c2)C1=O. The van der Waals surface area contributed by atoms with E-state index in [0.29, 0.717) is 17.7 Å². The van der Waals surface area contributed by atoms with Gasteiger partial charge in [-0.05, 0) is 55.3 Å². The van der Waals surface area contributed by atoms with Gasteiger partial charge in [-0.25, -0.2) is 14.7 Å². The number of hydrogen-bond acceptors (Lipinski definition) is 7. The number of halogens is 3. The molecule has 2 aromatic carbocycles. The molecule has 0 radical (unpaired) electrons. The number of nitrogens with zero attached hydrogens (tertiary/aromatic N) is 4. The number of nitrogen functional groups attached to an aromatic ring is 1. The smallest absolute Gasteiger partial charge is 0.416 e. The third-order valence-electron chi connectivity index (χ3n) is 5.39. The summed E-state index contributed by atoms with van der Waals surface area (Å²) in [7, 11) is 0. The van der Waals surface area contributed by atoms with Crippen LogP contribution in [0.15, 0.2) is 48.7 Å². The van der Waals surface area contributed by atoms with Gasteiger partial charge >= 0.3 is 12.2 Å². The Morgan fingerprint density at radius 3 is 2.47 bits per heavy atom. The third kappa shape index (κ3) is 4.88. The second kappa shape index (κ2) is 9.72. The highest BCUT2D eigenvalue weighted by Crippen LogP contribution is 2.39. The number of aryl methyl sites for hydroxylation is 1. The first kappa shape index (κ1) is 24.8. The molecule has 1 aliphatic heterocycles. The van der Waals surface area contributed by atoms with E-state index in [1.54, 1.807) is 19.1 Å². The minimum atomic E-state index is -4.63. The topological polar surface area (TPSA) is 111 Å². The molecule has 0 atom stereocenters. The molecule has 1 aliphatic rings. The zero-order valence-corrected chi connectivity index (χ0v) is 19.4. The lowest BCUT2D eigenvalue weighted by Crippen LogP contribution is -2.33. The lowest BCUT2D eigenvalue weighted by molar-refractivity contribution is -0.137. The number of ether oxygens (including phenoxy) is 2. The molecule has 4 rings (SSSR count). The molecule has 3 aromatic rings. The van der Waals surface area contributed by atoms with Gasteiger partial charge in [0.1, 0.15) is 18.0 Å². The lowest BCUT2D eigenvalue weighted by Gasteiger charge is -2.21. The van der Waals surface area contributed by atoms with E-state index in [0.717, 1.165) is 28.0 Å². The molecule has 9 nitrogen and oxygen atoms in total. The number of carbonyl (C=O) groups excluding carboxylic acids is 2. The van der Waals surface area contributed by atoms with Crippen molar-refractivity contribution in [2.75, 3.05) is 28.7 Å². The van der Waals surface area contributed by atoms with Crippen LogP contribution in [0, 0.1) is 0 Å². The molecule has 0 unspecified atom stereocenters. The average molecular weight is 501 g/mol. The quantitative estimate of drug-likeness (QED) is 0.463. The minimum absolute atomic E-state index is 0.0385. The number of alkyl halides is 3. The molecule has 12 heteroatoms. The number of hydrogen-bond donors (Lipinski definition) is 1. The maximum atomic E-state index is 13.3. The Morgan fingerprint density at radius 2 is 1.81 bits per heavy atom. The molecule has 36 heavy (non-hydrogen) atoms. The fourth-order valence-corrected chi connectivity index (χ4v) is 3.73. The number of urea groups is 1. The summed E-state index contributed by atoms with van der Waals surface area (Å²) in [5, 5.41) is 0. The van der Waals surface area contributed by atoms with Crippen LogP contribution in [0.1, 0.15) is 25.0 Å². The van der Waals surface area contributed by atoms with Gasteiger partial charge in [-0.15, -0.1) is 0 Å². The van der Waals surface area contributed by atoms with Crippen LogP contribution in [0.5, 0.6) is 17.4 Å². The second-order valence-electron chi connectivity index (χ2n) is 7.71. The van der Waals surface area contributed by atoms with Gasteiger partial charge in [0, 0.05) is 12.3 Å². The highest BCUT2D eigenvalue weighted by molar-refractivity contribution is 6.27.